The number of hydrogen-bond acceptors (Lipinski definition) is 2. The summed E-state index contributed by atoms with van der Waals surface area (Å²) in [7, 11) is 0. The maximum Gasteiger partial charge on any atom is 0.162 e. The quantitative estimate of drug-likeness (QED) is 0.646. The molecule has 0 aromatic heterocycles. The average Bonchev–Trinajstić information content (AvgIpc) is 1.97. The summed E-state index contributed by atoms with van der Waals surface area (Å²) < 4.78 is 0. The van der Waals surface area contributed by atoms with Crippen LogP contribution in [0.2, 0.25) is 0 Å². The number of Topliss-reactive ketones (excluding diaryl/α,β-unsaturated/α-hetero) is 1. The van der Waals surface area contributed by atoms with E-state index in [0.29, 0.717) is 6.42 Å². The second-order valence-corrected chi connectivity index (χ2v) is 3.94. The first-order valence-electron chi connectivity index (χ1n) is 4.04. The Labute approximate surface area is 74.0 Å². The minimum atomic E-state index is -0.897. The Kier molecular flexibility index (Phi) is 3.99. The van der Waals surface area contributed by atoms with Crippen LogP contribution in [0.15, 0.2) is 0 Å². The van der Waals surface area contributed by atoms with Crippen molar-refractivity contribution in [2.24, 2.45) is 5.41 Å². The van der Waals surface area contributed by atoms with Crippen molar-refractivity contribution in [3.8, 4) is 12.3 Å². The topological polar surface area (TPSA) is 37.3 Å². The molecule has 0 aliphatic rings. The molecule has 1 N–H and O–H groups in total. The lowest BCUT2D eigenvalue weighted by molar-refractivity contribution is -0.132. The molecule has 1 unspecified atom stereocenters. The summed E-state index contributed by atoms with van der Waals surface area (Å²) in [6, 6.07) is 0. The molecule has 0 rings (SSSR count). The molecule has 0 bridgehead atoms. The highest BCUT2D eigenvalue weighted by Gasteiger charge is 2.27. The number of terminal acetylenes is 1. The minimum absolute atomic E-state index is 0.166. The first-order chi connectivity index (χ1) is 5.39. The summed E-state index contributed by atoms with van der Waals surface area (Å²) in [6.07, 6.45) is 4.79. The molecule has 0 aliphatic carbocycles. The van der Waals surface area contributed by atoms with Gasteiger partial charge in [-0.25, -0.2) is 0 Å². The Morgan fingerprint density at radius 1 is 1.58 bits per heavy atom. The van der Waals surface area contributed by atoms with E-state index in [4.69, 9.17) is 6.42 Å². The van der Waals surface area contributed by atoms with Gasteiger partial charge in [0.15, 0.2) is 5.78 Å². The smallest absolute Gasteiger partial charge is 0.162 e. The molecule has 1 atom stereocenters. The Morgan fingerprint density at radius 3 is 2.42 bits per heavy atom. The zero-order valence-corrected chi connectivity index (χ0v) is 7.92. The maximum absolute atomic E-state index is 11.2. The average molecular weight is 168 g/mol. The van der Waals surface area contributed by atoms with E-state index in [9.17, 15) is 9.90 Å². The molecule has 2 heteroatoms. The molecule has 68 valence electrons. The van der Waals surface area contributed by atoms with Gasteiger partial charge in [0, 0.05) is 12.8 Å². The van der Waals surface area contributed by atoms with E-state index in [0.717, 1.165) is 0 Å². The summed E-state index contributed by atoms with van der Waals surface area (Å²) in [5, 5.41) is 9.46. The lowest BCUT2D eigenvalue weighted by Crippen LogP contribution is -2.33. The second kappa shape index (κ2) is 4.27. The van der Waals surface area contributed by atoms with E-state index in [-0.39, 0.29) is 17.6 Å². The van der Waals surface area contributed by atoms with Gasteiger partial charge in [-0.1, -0.05) is 20.8 Å². The summed E-state index contributed by atoms with van der Waals surface area (Å²) in [6.45, 7) is 5.47. The zero-order valence-electron chi connectivity index (χ0n) is 7.92. The van der Waals surface area contributed by atoms with Crippen molar-refractivity contribution in [3.63, 3.8) is 0 Å². The standard InChI is InChI=1S/C10H16O2/c1-5-6-7-8(11)9(12)10(2,3)4/h1,9,12H,6-7H2,2-4H3. The molecule has 0 aromatic rings. The van der Waals surface area contributed by atoms with E-state index >= 15 is 0 Å². The van der Waals surface area contributed by atoms with Crippen LogP contribution >= 0.6 is 0 Å². The van der Waals surface area contributed by atoms with Crippen molar-refractivity contribution in [3.05, 3.63) is 0 Å². The van der Waals surface area contributed by atoms with Crippen LogP contribution in [-0.2, 0) is 4.79 Å². The fraction of sp³-hybridized carbons (Fsp3) is 0.700. The van der Waals surface area contributed by atoms with Crippen LogP contribution in [0.3, 0.4) is 0 Å². The molecule has 0 saturated heterocycles. The molecule has 0 aliphatic heterocycles. The largest absolute Gasteiger partial charge is 0.385 e. The third-order valence-corrected chi connectivity index (χ3v) is 1.64. The lowest BCUT2D eigenvalue weighted by Gasteiger charge is -2.24. The van der Waals surface area contributed by atoms with E-state index in [1.165, 1.54) is 0 Å². The Morgan fingerprint density at radius 2 is 2.08 bits per heavy atom. The highest BCUT2D eigenvalue weighted by Crippen LogP contribution is 2.20. The van der Waals surface area contributed by atoms with Crippen molar-refractivity contribution >= 4 is 5.78 Å². The monoisotopic (exact) mass is 168 g/mol. The van der Waals surface area contributed by atoms with Crippen LogP contribution in [0, 0.1) is 17.8 Å². The van der Waals surface area contributed by atoms with Crippen LogP contribution in [0.5, 0.6) is 0 Å². The Balaban J connectivity index is 4.04. The third-order valence-electron chi connectivity index (χ3n) is 1.64. The number of carbonyl (C=O) groups excluding carboxylic acids is 1. The summed E-state index contributed by atoms with van der Waals surface area (Å²) >= 11 is 0. The SMILES string of the molecule is C#CCCC(=O)C(O)C(C)(C)C. The number of ketones is 1. The molecule has 12 heavy (non-hydrogen) atoms. The fourth-order valence-electron chi connectivity index (χ4n) is 0.815. The highest BCUT2D eigenvalue weighted by molar-refractivity contribution is 5.83. The van der Waals surface area contributed by atoms with Gasteiger partial charge in [0.05, 0.1) is 0 Å². The van der Waals surface area contributed by atoms with Gasteiger partial charge in [-0.3, -0.25) is 4.79 Å². The number of aliphatic hydroxyl groups excluding tert-OH is 1. The first kappa shape index (κ1) is 11.2. The normalized spacial score (nSPS) is 13.6. The molecule has 0 spiro atoms. The van der Waals surface area contributed by atoms with Crippen molar-refractivity contribution in [2.75, 3.05) is 0 Å². The Hall–Kier alpha value is -0.810. The molecule has 0 aromatic carbocycles. The van der Waals surface area contributed by atoms with E-state index < -0.39 is 6.10 Å². The van der Waals surface area contributed by atoms with Crippen LogP contribution in [0.4, 0.5) is 0 Å². The molecular formula is C10H16O2. The van der Waals surface area contributed by atoms with Crippen LogP contribution in [-0.4, -0.2) is 17.0 Å². The first-order valence-corrected chi connectivity index (χ1v) is 4.04. The lowest BCUT2D eigenvalue weighted by atomic mass is 9.85. The molecular weight excluding hydrogens is 152 g/mol. The van der Waals surface area contributed by atoms with Gasteiger partial charge in [0.1, 0.15) is 6.10 Å². The van der Waals surface area contributed by atoms with Crippen molar-refractivity contribution < 1.29 is 9.90 Å². The zero-order chi connectivity index (χ0) is 9.78. The van der Waals surface area contributed by atoms with Crippen LogP contribution in [0.1, 0.15) is 33.6 Å². The van der Waals surface area contributed by atoms with Gasteiger partial charge in [0.25, 0.3) is 0 Å². The summed E-state index contributed by atoms with van der Waals surface area (Å²) in [4.78, 5) is 11.2. The predicted octanol–water partition coefficient (Wildman–Crippen LogP) is 1.38. The van der Waals surface area contributed by atoms with Gasteiger partial charge in [0.2, 0.25) is 0 Å². The number of carbonyl (C=O) groups is 1. The molecule has 0 radical (unpaired) electrons. The minimum Gasteiger partial charge on any atom is -0.385 e. The molecule has 0 heterocycles. The molecule has 2 nitrogen and oxygen atoms in total. The fourth-order valence-corrected chi connectivity index (χ4v) is 0.815. The van der Waals surface area contributed by atoms with Gasteiger partial charge in [-0.2, -0.15) is 0 Å². The van der Waals surface area contributed by atoms with Gasteiger partial charge < -0.3 is 5.11 Å². The molecule has 0 fully saturated rings. The Bertz CT molecular complexity index is 193. The highest BCUT2D eigenvalue weighted by atomic mass is 16.3. The van der Waals surface area contributed by atoms with E-state index in [1.54, 1.807) is 0 Å². The summed E-state index contributed by atoms with van der Waals surface area (Å²) in [5.41, 5.74) is -0.383. The predicted molar refractivity (Wildman–Crippen MR) is 48.5 cm³/mol. The van der Waals surface area contributed by atoms with Crippen molar-refractivity contribution in [2.45, 2.75) is 39.7 Å². The second-order valence-electron chi connectivity index (χ2n) is 3.94. The molecule has 0 saturated carbocycles. The maximum atomic E-state index is 11.2. The van der Waals surface area contributed by atoms with E-state index in [2.05, 4.69) is 5.92 Å². The van der Waals surface area contributed by atoms with Gasteiger partial charge in [-0.05, 0) is 5.41 Å². The molecule has 0 amide bonds. The van der Waals surface area contributed by atoms with Gasteiger partial charge >= 0.3 is 0 Å². The number of aliphatic hydroxyl groups is 1. The van der Waals surface area contributed by atoms with Crippen molar-refractivity contribution in [1.29, 1.82) is 0 Å². The number of rotatable bonds is 3. The van der Waals surface area contributed by atoms with Gasteiger partial charge in [-0.15, -0.1) is 12.3 Å². The van der Waals surface area contributed by atoms with E-state index in [1.807, 2.05) is 20.8 Å². The van der Waals surface area contributed by atoms with Crippen LogP contribution in [0.25, 0.3) is 0 Å². The van der Waals surface area contributed by atoms with Crippen molar-refractivity contribution in [1.82, 2.24) is 0 Å². The third kappa shape index (κ3) is 3.54. The number of hydrogen-bond donors (Lipinski definition) is 1. The van der Waals surface area contributed by atoms with Crippen LogP contribution < -0.4 is 0 Å². The summed E-state index contributed by atoms with van der Waals surface area (Å²) in [5.74, 6) is 2.21.